The van der Waals surface area contributed by atoms with Gasteiger partial charge < -0.3 is 10.1 Å². The second-order valence-corrected chi connectivity index (χ2v) is 10.1. The van der Waals surface area contributed by atoms with Gasteiger partial charge in [-0.2, -0.15) is 0 Å². The Balaban J connectivity index is 1.79. The van der Waals surface area contributed by atoms with E-state index >= 15 is 0 Å². The third-order valence-corrected chi connectivity index (χ3v) is 7.40. The number of anilines is 1. The van der Waals surface area contributed by atoms with Crippen molar-refractivity contribution in [1.29, 1.82) is 0 Å². The van der Waals surface area contributed by atoms with Gasteiger partial charge in [-0.25, -0.2) is 21.6 Å². The second kappa shape index (κ2) is 6.54. The van der Waals surface area contributed by atoms with E-state index < -0.39 is 37.8 Å². The highest BCUT2D eigenvalue weighted by Gasteiger charge is 2.35. The lowest BCUT2D eigenvalue weighted by Crippen LogP contribution is -2.37. The van der Waals surface area contributed by atoms with Gasteiger partial charge in [0.1, 0.15) is 5.75 Å². The van der Waals surface area contributed by atoms with Gasteiger partial charge in [-0.1, -0.05) is 6.92 Å². The molecule has 9 nitrogen and oxygen atoms in total. The minimum Gasteiger partial charge on any atom is -0.478 e. The Morgan fingerprint density at radius 2 is 2.12 bits per heavy atom. The van der Waals surface area contributed by atoms with Gasteiger partial charge >= 0.3 is 0 Å². The Hall–Kier alpha value is -2.14. The summed E-state index contributed by atoms with van der Waals surface area (Å²) in [5.74, 6) is -2.28. The molecule has 2 heterocycles. The minimum atomic E-state index is -4.21. The number of sulfone groups is 1. The number of sulfonamides is 1. The van der Waals surface area contributed by atoms with Gasteiger partial charge in [-0.3, -0.25) is 9.59 Å². The summed E-state index contributed by atoms with van der Waals surface area (Å²) in [5.41, 5.74) is 0.193. The number of hydrogen-bond acceptors (Lipinski definition) is 7. The number of rotatable bonds is 4. The van der Waals surface area contributed by atoms with Crippen LogP contribution in [0, 0.1) is 5.92 Å². The van der Waals surface area contributed by atoms with Crippen molar-refractivity contribution in [1.82, 2.24) is 4.72 Å². The number of amides is 2. The van der Waals surface area contributed by atoms with Crippen LogP contribution in [0.4, 0.5) is 5.69 Å². The van der Waals surface area contributed by atoms with Crippen molar-refractivity contribution in [2.45, 2.75) is 30.8 Å². The van der Waals surface area contributed by atoms with E-state index in [1.54, 1.807) is 6.92 Å². The molecule has 2 aliphatic heterocycles. The smallest absolute Gasteiger partial charge is 0.265 e. The van der Waals surface area contributed by atoms with Crippen molar-refractivity contribution >= 4 is 37.4 Å². The Morgan fingerprint density at radius 1 is 1.38 bits per heavy atom. The van der Waals surface area contributed by atoms with Crippen molar-refractivity contribution in [3.8, 4) is 5.75 Å². The number of nitrogens with one attached hydrogen (secondary N) is 2. The average molecular weight is 402 g/mol. The lowest BCUT2D eigenvalue weighted by Gasteiger charge is -2.25. The molecule has 2 atom stereocenters. The van der Waals surface area contributed by atoms with Crippen LogP contribution >= 0.6 is 0 Å². The number of ether oxygens (including phenoxy) is 1. The van der Waals surface area contributed by atoms with Gasteiger partial charge in [0.2, 0.25) is 5.91 Å². The molecule has 11 heteroatoms. The van der Waals surface area contributed by atoms with Crippen LogP contribution in [-0.4, -0.2) is 46.3 Å². The molecule has 0 saturated carbocycles. The maximum atomic E-state index is 12.4. The first kappa shape index (κ1) is 18.6. The molecule has 2 N–H and O–H groups in total. The quantitative estimate of drug-likeness (QED) is 0.725. The van der Waals surface area contributed by atoms with E-state index in [1.165, 1.54) is 18.2 Å². The molecule has 0 spiro atoms. The highest BCUT2D eigenvalue weighted by molar-refractivity contribution is 7.91. The highest BCUT2D eigenvalue weighted by Crippen LogP contribution is 2.32. The van der Waals surface area contributed by atoms with E-state index in [-0.39, 0.29) is 34.4 Å². The molecule has 1 saturated heterocycles. The van der Waals surface area contributed by atoms with Crippen LogP contribution in [-0.2, 0) is 29.4 Å². The number of carbonyl (C=O) groups is 2. The van der Waals surface area contributed by atoms with E-state index in [9.17, 15) is 26.4 Å². The van der Waals surface area contributed by atoms with E-state index in [1.807, 2.05) is 4.72 Å². The Morgan fingerprint density at radius 3 is 2.73 bits per heavy atom. The van der Waals surface area contributed by atoms with Crippen molar-refractivity contribution in [3.63, 3.8) is 0 Å². The first-order valence-electron chi connectivity index (χ1n) is 8.00. The predicted molar refractivity (Wildman–Crippen MR) is 91.9 cm³/mol. The van der Waals surface area contributed by atoms with E-state index in [4.69, 9.17) is 4.74 Å². The van der Waals surface area contributed by atoms with Crippen LogP contribution in [0.1, 0.15) is 19.8 Å². The zero-order chi connectivity index (χ0) is 19.1. The molecular formula is C15H18N2O7S2. The number of benzene rings is 1. The fraction of sp³-hybridized carbons (Fsp3) is 0.467. The molecule has 3 rings (SSSR count). The van der Waals surface area contributed by atoms with Crippen LogP contribution in [0.2, 0.25) is 0 Å². The molecule has 0 aliphatic carbocycles. The van der Waals surface area contributed by atoms with Crippen LogP contribution in [0.3, 0.4) is 0 Å². The van der Waals surface area contributed by atoms with Crippen molar-refractivity contribution in [3.05, 3.63) is 18.2 Å². The molecule has 142 valence electrons. The SMILES string of the molecule is CCC1Oc2ccc(S(=O)(=O)NC(=O)C3CCS(=O)(=O)C3)cc2NC1=O. The molecule has 2 amide bonds. The van der Waals surface area contributed by atoms with E-state index in [0.717, 1.165) is 0 Å². The van der Waals surface area contributed by atoms with Crippen LogP contribution in [0.25, 0.3) is 0 Å². The topological polar surface area (TPSA) is 136 Å². The van der Waals surface area contributed by atoms with Crippen LogP contribution in [0.5, 0.6) is 5.75 Å². The second-order valence-electron chi connectivity index (χ2n) is 6.23. The fourth-order valence-corrected chi connectivity index (χ4v) is 5.65. The zero-order valence-electron chi connectivity index (χ0n) is 13.9. The van der Waals surface area contributed by atoms with Gasteiger partial charge in [-0.05, 0) is 31.0 Å². The maximum absolute atomic E-state index is 12.4. The monoisotopic (exact) mass is 402 g/mol. The fourth-order valence-electron chi connectivity index (χ4n) is 2.84. The minimum absolute atomic E-state index is 0.0934. The predicted octanol–water partition coefficient (Wildman–Crippen LogP) is 0.0357. The molecular weight excluding hydrogens is 384 g/mol. The molecule has 2 aliphatic rings. The molecule has 1 fully saturated rings. The zero-order valence-corrected chi connectivity index (χ0v) is 15.5. The van der Waals surface area contributed by atoms with Crippen molar-refractivity contribution in [2.24, 2.45) is 5.92 Å². The first-order valence-corrected chi connectivity index (χ1v) is 11.3. The molecule has 2 unspecified atom stereocenters. The summed E-state index contributed by atoms with van der Waals surface area (Å²) < 4.78 is 55.1. The molecule has 1 aromatic carbocycles. The third kappa shape index (κ3) is 3.68. The summed E-state index contributed by atoms with van der Waals surface area (Å²) in [6.07, 6.45) is -0.0871. The molecule has 0 aromatic heterocycles. The van der Waals surface area contributed by atoms with Gasteiger partial charge in [0, 0.05) is 0 Å². The highest BCUT2D eigenvalue weighted by atomic mass is 32.2. The Labute approximate surface area is 151 Å². The third-order valence-electron chi connectivity index (χ3n) is 4.29. The van der Waals surface area contributed by atoms with Gasteiger partial charge in [0.15, 0.2) is 15.9 Å². The van der Waals surface area contributed by atoms with Gasteiger partial charge in [0.25, 0.3) is 15.9 Å². The normalized spacial score (nSPS) is 24.3. The summed E-state index contributed by atoms with van der Waals surface area (Å²) in [4.78, 5) is 23.7. The molecule has 1 aromatic rings. The first-order chi connectivity index (χ1) is 12.1. The Kier molecular flexibility index (Phi) is 4.69. The number of hydrogen-bond donors (Lipinski definition) is 2. The van der Waals surface area contributed by atoms with Crippen LogP contribution in [0.15, 0.2) is 23.1 Å². The average Bonchev–Trinajstić information content (AvgIpc) is 2.93. The largest absolute Gasteiger partial charge is 0.478 e. The standard InChI is InChI=1S/C15H18N2O7S2/c1-2-12-15(19)16-11-7-10(3-4-13(11)24-12)26(22,23)17-14(18)9-5-6-25(20,21)8-9/h3-4,7,9,12H,2,5-6,8H2,1H3,(H,16,19)(H,17,18). The van der Waals surface area contributed by atoms with Gasteiger partial charge in [-0.15, -0.1) is 0 Å². The summed E-state index contributed by atoms with van der Waals surface area (Å²) in [5, 5.41) is 2.57. The summed E-state index contributed by atoms with van der Waals surface area (Å²) >= 11 is 0. The lowest BCUT2D eigenvalue weighted by atomic mass is 10.1. The summed E-state index contributed by atoms with van der Waals surface area (Å²) in [7, 11) is -7.51. The van der Waals surface area contributed by atoms with Crippen molar-refractivity contribution in [2.75, 3.05) is 16.8 Å². The van der Waals surface area contributed by atoms with E-state index in [2.05, 4.69) is 5.32 Å². The number of fused-ring (bicyclic) bond motifs is 1. The van der Waals surface area contributed by atoms with E-state index in [0.29, 0.717) is 12.2 Å². The molecule has 26 heavy (non-hydrogen) atoms. The summed E-state index contributed by atoms with van der Waals surface area (Å²) in [6, 6.07) is 3.85. The maximum Gasteiger partial charge on any atom is 0.265 e. The lowest BCUT2D eigenvalue weighted by molar-refractivity contribution is -0.124. The van der Waals surface area contributed by atoms with Crippen molar-refractivity contribution < 1.29 is 31.2 Å². The summed E-state index contributed by atoms with van der Waals surface area (Å²) in [6.45, 7) is 1.78. The van der Waals surface area contributed by atoms with Crippen LogP contribution < -0.4 is 14.8 Å². The molecule has 0 bridgehead atoms. The number of carbonyl (C=O) groups excluding carboxylic acids is 2. The Bertz CT molecular complexity index is 970. The van der Waals surface area contributed by atoms with Gasteiger partial charge in [0.05, 0.1) is 28.0 Å². The molecule has 0 radical (unpaired) electrons.